The van der Waals surface area contributed by atoms with E-state index in [1.165, 1.54) is 5.56 Å². The van der Waals surface area contributed by atoms with Crippen molar-refractivity contribution in [3.05, 3.63) is 34.9 Å². The van der Waals surface area contributed by atoms with Crippen LogP contribution in [-0.4, -0.2) is 22.5 Å². The molecule has 1 aliphatic rings. The number of hydrogen-bond acceptors (Lipinski definition) is 2. The van der Waals surface area contributed by atoms with Crippen molar-refractivity contribution in [1.29, 1.82) is 0 Å². The molecule has 0 spiro atoms. The Morgan fingerprint density at radius 1 is 1.56 bits per heavy atom. The highest BCUT2D eigenvalue weighted by atomic mass is 35.5. The molecule has 0 amide bonds. The molecule has 3 heterocycles. The van der Waals surface area contributed by atoms with E-state index in [4.69, 9.17) is 11.6 Å². The Kier molecular flexibility index (Phi) is 2.37. The molecule has 1 fully saturated rings. The smallest absolute Gasteiger partial charge is 0.155 e. The number of halogens is 1. The highest BCUT2D eigenvalue weighted by molar-refractivity contribution is 6.32. The Morgan fingerprint density at radius 3 is 3.19 bits per heavy atom. The van der Waals surface area contributed by atoms with E-state index in [0.717, 1.165) is 30.9 Å². The fourth-order valence-electron chi connectivity index (χ4n) is 2.34. The van der Waals surface area contributed by atoms with Crippen LogP contribution in [0.2, 0.25) is 5.15 Å². The number of pyridine rings is 1. The first-order valence-electron chi connectivity index (χ1n) is 5.60. The molecule has 1 aliphatic heterocycles. The maximum atomic E-state index is 6.18. The molecule has 2 aromatic rings. The molecule has 0 aromatic carbocycles. The number of imidazole rings is 1. The molecule has 1 saturated heterocycles. The first-order valence-corrected chi connectivity index (χ1v) is 5.98. The largest absolute Gasteiger partial charge is 0.316 e. The Balaban J connectivity index is 2.18. The third kappa shape index (κ3) is 1.51. The van der Waals surface area contributed by atoms with Crippen LogP contribution in [0.1, 0.15) is 23.7 Å². The lowest BCUT2D eigenvalue weighted by atomic mass is 10.1. The van der Waals surface area contributed by atoms with Crippen molar-refractivity contribution in [2.24, 2.45) is 0 Å². The van der Waals surface area contributed by atoms with E-state index in [-0.39, 0.29) is 0 Å². The number of aryl methyl sites for hydroxylation is 1. The van der Waals surface area contributed by atoms with E-state index >= 15 is 0 Å². The molecule has 1 N–H and O–H groups in total. The van der Waals surface area contributed by atoms with Gasteiger partial charge in [-0.25, -0.2) is 4.98 Å². The van der Waals surface area contributed by atoms with Gasteiger partial charge in [0, 0.05) is 18.7 Å². The van der Waals surface area contributed by atoms with E-state index in [1.807, 2.05) is 0 Å². The number of nitrogens with zero attached hydrogens (tertiary/aromatic N) is 2. The topological polar surface area (TPSA) is 29.3 Å². The Labute approximate surface area is 99.4 Å². The molecule has 3 rings (SSSR count). The second-order valence-corrected chi connectivity index (χ2v) is 4.77. The lowest BCUT2D eigenvalue weighted by molar-refractivity contribution is 0.698. The molecular weight excluding hydrogens is 222 g/mol. The van der Waals surface area contributed by atoms with Gasteiger partial charge in [0.25, 0.3) is 0 Å². The zero-order chi connectivity index (χ0) is 11.1. The SMILES string of the molecule is Cc1ccn2c(C3CCNC3)nc(Cl)c2c1. The summed E-state index contributed by atoms with van der Waals surface area (Å²) in [5, 5.41) is 3.98. The number of rotatable bonds is 1. The Bertz CT molecular complexity index is 526. The number of nitrogens with one attached hydrogen (secondary N) is 1. The van der Waals surface area contributed by atoms with E-state index < -0.39 is 0 Å². The second-order valence-electron chi connectivity index (χ2n) is 4.41. The van der Waals surface area contributed by atoms with Crippen LogP contribution in [0.3, 0.4) is 0 Å². The first-order chi connectivity index (χ1) is 7.75. The minimum Gasteiger partial charge on any atom is -0.316 e. The van der Waals surface area contributed by atoms with Crippen LogP contribution in [-0.2, 0) is 0 Å². The fourth-order valence-corrected chi connectivity index (χ4v) is 2.57. The summed E-state index contributed by atoms with van der Waals surface area (Å²) in [7, 11) is 0. The molecule has 0 aliphatic carbocycles. The number of aromatic nitrogens is 2. The average molecular weight is 236 g/mol. The van der Waals surface area contributed by atoms with Gasteiger partial charge in [0.2, 0.25) is 0 Å². The van der Waals surface area contributed by atoms with Crippen LogP contribution < -0.4 is 5.32 Å². The average Bonchev–Trinajstić information content (AvgIpc) is 2.87. The van der Waals surface area contributed by atoms with Gasteiger partial charge in [-0.1, -0.05) is 11.6 Å². The van der Waals surface area contributed by atoms with Crippen LogP contribution in [0.25, 0.3) is 5.52 Å². The predicted molar refractivity (Wildman–Crippen MR) is 65.2 cm³/mol. The third-order valence-corrected chi connectivity index (χ3v) is 3.48. The quantitative estimate of drug-likeness (QED) is 0.823. The molecule has 84 valence electrons. The van der Waals surface area contributed by atoms with Gasteiger partial charge in [0.15, 0.2) is 5.15 Å². The summed E-state index contributed by atoms with van der Waals surface area (Å²) in [6.07, 6.45) is 3.21. The van der Waals surface area contributed by atoms with Crippen molar-refractivity contribution in [2.45, 2.75) is 19.3 Å². The third-order valence-electron chi connectivity index (χ3n) is 3.21. The van der Waals surface area contributed by atoms with Crippen molar-refractivity contribution in [3.63, 3.8) is 0 Å². The van der Waals surface area contributed by atoms with Crippen LogP contribution >= 0.6 is 11.6 Å². The summed E-state index contributed by atoms with van der Waals surface area (Å²) >= 11 is 6.18. The molecule has 0 radical (unpaired) electrons. The second kappa shape index (κ2) is 3.75. The van der Waals surface area contributed by atoms with E-state index in [9.17, 15) is 0 Å². The standard InChI is InChI=1S/C12H14ClN3/c1-8-3-5-16-10(6-8)11(13)15-12(16)9-2-4-14-7-9/h3,5-6,9,14H,2,4,7H2,1H3. The lowest BCUT2D eigenvalue weighted by Gasteiger charge is -2.07. The van der Waals surface area contributed by atoms with Crippen LogP contribution in [0.5, 0.6) is 0 Å². The Morgan fingerprint density at radius 2 is 2.44 bits per heavy atom. The van der Waals surface area contributed by atoms with Gasteiger partial charge in [0.1, 0.15) is 5.82 Å². The van der Waals surface area contributed by atoms with Crippen molar-refractivity contribution in [1.82, 2.24) is 14.7 Å². The zero-order valence-corrected chi connectivity index (χ0v) is 9.96. The minimum atomic E-state index is 0.489. The molecule has 4 heteroatoms. The molecule has 0 saturated carbocycles. The van der Waals surface area contributed by atoms with E-state index in [0.29, 0.717) is 11.1 Å². The summed E-state index contributed by atoms with van der Waals surface area (Å²) in [6.45, 7) is 4.15. The maximum absolute atomic E-state index is 6.18. The molecule has 2 aromatic heterocycles. The summed E-state index contributed by atoms with van der Waals surface area (Å²) in [5.41, 5.74) is 2.23. The summed E-state index contributed by atoms with van der Waals surface area (Å²) < 4.78 is 2.12. The van der Waals surface area contributed by atoms with Gasteiger partial charge in [-0.15, -0.1) is 0 Å². The van der Waals surface area contributed by atoms with E-state index in [2.05, 4.69) is 40.0 Å². The lowest BCUT2D eigenvalue weighted by Crippen LogP contribution is -2.10. The van der Waals surface area contributed by atoms with Crippen LogP contribution in [0, 0.1) is 6.92 Å². The monoisotopic (exact) mass is 235 g/mol. The molecular formula is C12H14ClN3. The molecule has 1 unspecified atom stereocenters. The van der Waals surface area contributed by atoms with Crippen molar-refractivity contribution in [3.8, 4) is 0 Å². The minimum absolute atomic E-state index is 0.489. The summed E-state index contributed by atoms with van der Waals surface area (Å²) in [4.78, 5) is 4.50. The fraction of sp³-hybridized carbons (Fsp3) is 0.417. The van der Waals surface area contributed by atoms with Crippen LogP contribution in [0.4, 0.5) is 0 Å². The zero-order valence-electron chi connectivity index (χ0n) is 9.20. The first kappa shape index (κ1) is 10.1. The van der Waals surface area contributed by atoms with Gasteiger partial charge >= 0.3 is 0 Å². The van der Waals surface area contributed by atoms with E-state index in [1.54, 1.807) is 0 Å². The van der Waals surface area contributed by atoms with Gasteiger partial charge in [-0.3, -0.25) is 0 Å². The Hall–Kier alpha value is -1.06. The van der Waals surface area contributed by atoms with Crippen LogP contribution in [0.15, 0.2) is 18.3 Å². The highest BCUT2D eigenvalue weighted by Gasteiger charge is 2.22. The maximum Gasteiger partial charge on any atom is 0.155 e. The summed E-state index contributed by atoms with van der Waals surface area (Å²) in [5.74, 6) is 1.58. The molecule has 16 heavy (non-hydrogen) atoms. The number of fused-ring (bicyclic) bond motifs is 1. The number of hydrogen-bond donors (Lipinski definition) is 1. The van der Waals surface area contributed by atoms with Gasteiger partial charge in [0.05, 0.1) is 5.52 Å². The van der Waals surface area contributed by atoms with Gasteiger partial charge in [-0.05, 0) is 37.6 Å². The highest BCUT2D eigenvalue weighted by Crippen LogP contribution is 2.27. The normalized spacial score (nSPS) is 20.8. The van der Waals surface area contributed by atoms with Gasteiger partial charge in [-0.2, -0.15) is 0 Å². The molecule has 1 atom stereocenters. The van der Waals surface area contributed by atoms with Gasteiger partial charge < -0.3 is 9.72 Å². The van der Waals surface area contributed by atoms with Crippen molar-refractivity contribution < 1.29 is 0 Å². The molecule has 0 bridgehead atoms. The van der Waals surface area contributed by atoms with Crippen molar-refractivity contribution in [2.75, 3.05) is 13.1 Å². The molecule has 3 nitrogen and oxygen atoms in total. The summed E-state index contributed by atoms with van der Waals surface area (Å²) in [6, 6.07) is 4.18. The van der Waals surface area contributed by atoms with Crippen molar-refractivity contribution >= 4 is 17.1 Å². The predicted octanol–water partition coefficient (Wildman–Crippen LogP) is 2.37.